The number of nitrogens with zero attached hydrogens (tertiary/aromatic N) is 4. The molecular weight excluding hydrogens is 346 g/mol. The summed E-state index contributed by atoms with van der Waals surface area (Å²) in [5.74, 6) is -0.227. The molecule has 1 aromatic heterocycles. The van der Waals surface area contributed by atoms with Crippen molar-refractivity contribution in [3.63, 3.8) is 0 Å². The minimum absolute atomic E-state index is 0.0629. The fourth-order valence-corrected chi connectivity index (χ4v) is 3.99. The highest BCUT2D eigenvalue weighted by Gasteiger charge is 2.48. The molecule has 0 aliphatic carbocycles. The van der Waals surface area contributed by atoms with Gasteiger partial charge in [0.2, 0.25) is 0 Å². The van der Waals surface area contributed by atoms with Gasteiger partial charge >= 0.3 is 0 Å². The lowest BCUT2D eigenvalue weighted by atomic mass is 9.96. The van der Waals surface area contributed by atoms with Gasteiger partial charge in [0.15, 0.2) is 5.60 Å². The second kappa shape index (κ2) is 7.64. The molecule has 4 heterocycles. The molecule has 1 atom stereocenters. The van der Waals surface area contributed by atoms with E-state index in [1.807, 2.05) is 0 Å². The molecule has 144 valence electrons. The third-order valence-electron chi connectivity index (χ3n) is 5.53. The first-order valence-corrected chi connectivity index (χ1v) is 9.60. The Morgan fingerprint density at radius 3 is 2.89 bits per heavy atom. The molecule has 1 spiro atoms. The van der Waals surface area contributed by atoms with Crippen LogP contribution in [0, 0.1) is 0 Å². The lowest BCUT2D eigenvalue weighted by Gasteiger charge is -2.21. The molecule has 1 unspecified atom stereocenters. The molecule has 8 nitrogen and oxygen atoms in total. The lowest BCUT2D eigenvalue weighted by Crippen LogP contribution is -2.40. The summed E-state index contributed by atoms with van der Waals surface area (Å²) in [4.78, 5) is 38.7. The Kier molecular flexibility index (Phi) is 5.07. The molecule has 0 radical (unpaired) electrons. The smallest absolute Gasteiger partial charge is 0.269 e. The lowest BCUT2D eigenvalue weighted by molar-refractivity contribution is -0.114. The molecule has 0 aromatic carbocycles. The van der Waals surface area contributed by atoms with E-state index in [4.69, 9.17) is 4.84 Å². The zero-order chi connectivity index (χ0) is 18.7. The van der Waals surface area contributed by atoms with Crippen molar-refractivity contribution in [1.82, 2.24) is 20.1 Å². The van der Waals surface area contributed by atoms with Gasteiger partial charge in [0.05, 0.1) is 12.1 Å². The van der Waals surface area contributed by atoms with Gasteiger partial charge in [-0.2, -0.15) is 0 Å². The topological polar surface area (TPSA) is 87.1 Å². The Morgan fingerprint density at radius 1 is 1.26 bits per heavy atom. The van der Waals surface area contributed by atoms with Crippen LogP contribution in [0.15, 0.2) is 29.7 Å². The summed E-state index contributed by atoms with van der Waals surface area (Å²) in [7, 11) is 0. The number of pyridine rings is 1. The van der Waals surface area contributed by atoms with E-state index in [0.717, 1.165) is 19.6 Å². The molecule has 2 fully saturated rings. The summed E-state index contributed by atoms with van der Waals surface area (Å²) in [6, 6.07) is 3.50. The average molecular weight is 371 g/mol. The first-order valence-electron chi connectivity index (χ1n) is 9.60. The Morgan fingerprint density at radius 2 is 2.11 bits per heavy atom. The fourth-order valence-electron chi connectivity index (χ4n) is 3.99. The van der Waals surface area contributed by atoms with Crippen molar-refractivity contribution in [2.75, 3.05) is 39.3 Å². The van der Waals surface area contributed by atoms with Crippen LogP contribution in [0.5, 0.6) is 0 Å². The van der Waals surface area contributed by atoms with Gasteiger partial charge in [-0.15, -0.1) is 0 Å². The summed E-state index contributed by atoms with van der Waals surface area (Å²) < 4.78 is 0. The van der Waals surface area contributed by atoms with Crippen LogP contribution in [0.25, 0.3) is 0 Å². The average Bonchev–Trinajstić information content (AvgIpc) is 3.44. The normalized spacial score (nSPS) is 24.9. The summed E-state index contributed by atoms with van der Waals surface area (Å²) in [6.07, 6.45) is 6.81. The van der Waals surface area contributed by atoms with Crippen LogP contribution in [0.2, 0.25) is 0 Å². The first-order chi connectivity index (χ1) is 13.2. The van der Waals surface area contributed by atoms with Crippen LogP contribution in [-0.4, -0.2) is 77.2 Å². The van der Waals surface area contributed by atoms with Crippen molar-refractivity contribution in [2.24, 2.45) is 5.16 Å². The maximum Gasteiger partial charge on any atom is 0.269 e. The van der Waals surface area contributed by atoms with Crippen LogP contribution in [0.4, 0.5) is 0 Å². The molecule has 1 aromatic rings. The molecule has 0 saturated carbocycles. The van der Waals surface area contributed by atoms with Gasteiger partial charge in [0.25, 0.3) is 11.8 Å². The molecule has 4 rings (SSSR count). The van der Waals surface area contributed by atoms with E-state index < -0.39 is 5.60 Å². The number of nitrogens with one attached hydrogen (secondary N) is 1. The number of hydrogen-bond donors (Lipinski definition) is 1. The molecule has 0 bridgehead atoms. The molecule has 2 amide bonds. The largest absolute Gasteiger partial charge is 0.386 e. The van der Waals surface area contributed by atoms with Crippen molar-refractivity contribution in [1.29, 1.82) is 0 Å². The molecule has 8 heteroatoms. The number of oxime groups is 1. The van der Waals surface area contributed by atoms with Crippen molar-refractivity contribution < 1.29 is 14.4 Å². The number of hydrogen-bond acceptors (Lipinski definition) is 6. The number of amides is 2. The standard InChI is InChI=1S/C19H25N5O3/c25-17(21-7-11-23-8-1-2-9-23)16-12-19(27-22-16)5-10-24(14-19)18(26)15-4-3-6-20-13-15/h3-4,6,13H,1-2,5,7-12,14H2,(H,21,25). The summed E-state index contributed by atoms with van der Waals surface area (Å²) in [6.45, 7) is 4.75. The Hall–Kier alpha value is -2.48. The van der Waals surface area contributed by atoms with E-state index in [1.54, 1.807) is 29.4 Å². The SMILES string of the molecule is O=C(NCCN1CCCC1)C1=NOC2(CCN(C(=O)c3cccnc3)C2)C1. The Labute approximate surface area is 158 Å². The zero-order valence-electron chi connectivity index (χ0n) is 15.4. The molecule has 27 heavy (non-hydrogen) atoms. The highest BCUT2D eigenvalue weighted by molar-refractivity contribution is 6.39. The highest BCUT2D eigenvalue weighted by atomic mass is 16.7. The van der Waals surface area contributed by atoms with Gasteiger partial charge in [0.1, 0.15) is 5.71 Å². The van der Waals surface area contributed by atoms with Crippen molar-refractivity contribution >= 4 is 17.5 Å². The predicted molar refractivity (Wildman–Crippen MR) is 99.3 cm³/mol. The van der Waals surface area contributed by atoms with Gasteiger partial charge in [-0.3, -0.25) is 14.6 Å². The number of aromatic nitrogens is 1. The maximum absolute atomic E-state index is 12.6. The Bertz CT molecular complexity index is 732. The van der Waals surface area contributed by atoms with Crippen LogP contribution < -0.4 is 5.32 Å². The highest BCUT2D eigenvalue weighted by Crippen LogP contribution is 2.34. The van der Waals surface area contributed by atoms with Gasteiger partial charge in [-0.1, -0.05) is 5.16 Å². The minimum Gasteiger partial charge on any atom is -0.386 e. The van der Waals surface area contributed by atoms with Crippen molar-refractivity contribution in [3.8, 4) is 0 Å². The maximum atomic E-state index is 12.6. The number of carbonyl (C=O) groups excluding carboxylic acids is 2. The van der Waals surface area contributed by atoms with E-state index in [9.17, 15) is 9.59 Å². The molecule has 3 aliphatic rings. The third-order valence-corrected chi connectivity index (χ3v) is 5.53. The van der Waals surface area contributed by atoms with Crippen molar-refractivity contribution in [2.45, 2.75) is 31.3 Å². The number of carbonyl (C=O) groups is 2. The summed E-state index contributed by atoms with van der Waals surface area (Å²) in [5.41, 5.74) is 0.417. The minimum atomic E-state index is -0.570. The quantitative estimate of drug-likeness (QED) is 0.821. The third kappa shape index (κ3) is 3.95. The van der Waals surface area contributed by atoms with E-state index in [0.29, 0.717) is 43.8 Å². The van der Waals surface area contributed by atoms with E-state index in [1.165, 1.54) is 12.8 Å². The number of likely N-dealkylation sites (tertiary alicyclic amines) is 2. The molecule has 1 N–H and O–H groups in total. The van der Waals surface area contributed by atoms with Crippen molar-refractivity contribution in [3.05, 3.63) is 30.1 Å². The number of rotatable bonds is 5. The van der Waals surface area contributed by atoms with Crippen LogP contribution in [0.1, 0.15) is 36.0 Å². The fraction of sp³-hybridized carbons (Fsp3) is 0.579. The second-order valence-corrected chi connectivity index (χ2v) is 7.51. The van der Waals surface area contributed by atoms with Gasteiger partial charge < -0.3 is 20.0 Å². The molecule has 2 saturated heterocycles. The van der Waals surface area contributed by atoms with E-state index in [-0.39, 0.29) is 11.8 Å². The van der Waals surface area contributed by atoms with Gasteiger partial charge in [0, 0.05) is 44.9 Å². The monoisotopic (exact) mass is 371 g/mol. The Balaban J connectivity index is 1.27. The molecular formula is C19H25N5O3. The van der Waals surface area contributed by atoms with Crippen LogP contribution in [-0.2, 0) is 9.63 Å². The van der Waals surface area contributed by atoms with Gasteiger partial charge in [-0.25, -0.2) is 0 Å². The van der Waals surface area contributed by atoms with Gasteiger partial charge in [-0.05, 0) is 38.1 Å². The van der Waals surface area contributed by atoms with Crippen LogP contribution in [0.3, 0.4) is 0 Å². The molecule has 3 aliphatic heterocycles. The zero-order valence-corrected chi connectivity index (χ0v) is 15.4. The van der Waals surface area contributed by atoms with E-state index >= 15 is 0 Å². The second-order valence-electron chi connectivity index (χ2n) is 7.51. The van der Waals surface area contributed by atoms with E-state index in [2.05, 4.69) is 20.4 Å². The first kappa shape index (κ1) is 17.9. The summed E-state index contributed by atoms with van der Waals surface area (Å²) >= 11 is 0. The van der Waals surface area contributed by atoms with Crippen LogP contribution >= 0.6 is 0 Å². The summed E-state index contributed by atoms with van der Waals surface area (Å²) in [5, 5.41) is 6.97. The predicted octanol–water partition coefficient (Wildman–Crippen LogP) is 0.655.